The van der Waals surface area contributed by atoms with Gasteiger partial charge in [0.1, 0.15) is 23.5 Å². The van der Waals surface area contributed by atoms with E-state index in [2.05, 4.69) is 30.6 Å². The molecule has 4 heterocycles. The zero-order chi connectivity index (χ0) is 39.6. The Kier molecular flexibility index (Phi) is 10.9. The smallest absolute Gasteiger partial charge is 0.407 e. The third-order valence-electron chi connectivity index (χ3n) is 12.1. The Labute approximate surface area is 330 Å². The summed E-state index contributed by atoms with van der Waals surface area (Å²) in [5, 5.41) is 5.74. The molecule has 1 aliphatic heterocycles. The van der Waals surface area contributed by atoms with Crippen LogP contribution in [0.3, 0.4) is 0 Å². The minimum absolute atomic E-state index is 0.0382. The number of aromatic nitrogens is 5. The number of pyridine rings is 1. The predicted octanol–water partition coefficient (Wildman–Crippen LogP) is 6.54. The molecule has 2 bridgehead atoms. The lowest BCUT2D eigenvalue weighted by Crippen LogP contribution is -2.54. The molecule has 2 saturated carbocycles. The second-order valence-corrected chi connectivity index (χ2v) is 15.3. The van der Waals surface area contributed by atoms with Crippen molar-refractivity contribution in [3.8, 4) is 33.6 Å². The Morgan fingerprint density at radius 2 is 1.63 bits per heavy atom. The number of amides is 3. The topological polar surface area (TPSA) is 167 Å². The van der Waals surface area contributed by atoms with Crippen LogP contribution in [-0.4, -0.2) is 80.6 Å². The van der Waals surface area contributed by atoms with E-state index >= 15 is 4.39 Å². The number of ether oxygens (including phenoxy) is 2. The van der Waals surface area contributed by atoms with Gasteiger partial charge in [-0.3, -0.25) is 14.6 Å². The molecule has 4 N–H and O–H groups in total. The van der Waals surface area contributed by atoms with Crippen LogP contribution in [0.1, 0.15) is 68.2 Å². The predicted molar refractivity (Wildman–Crippen MR) is 210 cm³/mol. The number of imidazole rings is 2. The van der Waals surface area contributed by atoms with Gasteiger partial charge in [0.2, 0.25) is 11.8 Å². The maximum atomic E-state index is 15.8. The number of aromatic amines is 2. The van der Waals surface area contributed by atoms with Crippen molar-refractivity contribution in [2.75, 3.05) is 20.8 Å². The van der Waals surface area contributed by atoms with Crippen molar-refractivity contribution >= 4 is 17.9 Å². The zero-order valence-corrected chi connectivity index (χ0v) is 32.2. The number of H-pyrrole nitrogens is 2. The molecule has 4 unspecified atom stereocenters. The SMILES string of the molecule is COC(=O)N[C@H](C(=O)N1CCCC1c1ncc(-c2ccc(-c3ccc(-c4cnc([C@@H]5C6CCC(C6)C5C(=O)NCc5cccnc5)[nH]4)cc3)c(F)c2)[nH]1)[C@@H](C)OC. The normalized spacial score (nSPS) is 22.3. The third kappa shape index (κ3) is 7.65. The summed E-state index contributed by atoms with van der Waals surface area (Å²) < 4.78 is 25.9. The van der Waals surface area contributed by atoms with Gasteiger partial charge < -0.3 is 35.0 Å². The molecule has 0 radical (unpaired) electrons. The molecule has 3 aliphatic rings. The van der Waals surface area contributed by atoms with E-state index in [9.17, 15) is 14.4 Å². The van der Waals surface area contributed by atoms with Crippen LogP contribution in [0.2, 0.25) is 0 Å². The second kappa shape index (κ2) is 16.3. The van der Waals surface area contributed by atoms with Crippen molar-refractivity contribution < 1.29 is 28.2 Å². The molecule has 0 spiro atoms. The first-order valence-electron chi connectivity index (χ1n) is 19.6. The van der Waals surface area contributed by atoms with Gasteiger partial charge in [0.25, 0.3) is 0 Å². The minimum atomic E-state index is -0.937. The number of hydrogen-bond donors (Lipinski definition) is 4. The fourth-order valence-corrected chi connectivity index (χ4v) is 9.12. The molecule has 13 nitrogen and oxygen atoms in total. The van der Waals surface area contributed by atoms with Crippen LogP contribution in [0.5, 0.6) is 0 Å². The molecule has 7 atom stereocenters. The molecule has 5 aromatic rings. The number of hydrogen-bond acceptors (Lipinski definition) is 8. The fourth-order valence-electron chi connectivity index (χ4n) is 9.12. The highest BCUT2D eigenvalue weighted by atomic mass is 19.1. The van der Waals surface area contributed by atoms with Gasteiger partial charge in [-0.1, -0.05) is 42.5 Å². The van der Waals surface area contributed by atoms with Crippen molar-refractivity contribution in [1.82, 2.24) is 40.5 Å². The summed E-state index contributed by atoms with van der Waals surface area (Å²) >= 11 is 0. The van der Waals surface area contributed by atoms with E-state index in [0.29, 0.717) is 54.0 Å². The van der Waals surface area contributed by atoms with Crippen LogP contribution in [0.25, 0.3) is 33.6 Å². The summed E-state index contributed by atoms with van der Waals surface area (Å²) in [7, 11) is 2.72. The Morgan fingerprint density at radius 1 is 0.912 bits per heavy atom. The Balaban J connectivity index is 0.937. The van der Waals surface area contributed by atoms with Gasteiger partial charge in [0.05, 0.1) is 49.0 Å². The monoisotopic (exact) mass is 774 g/mol. The van der Waals surface area contributed by atoms with E-state index in [4.69, 9.17) is 14.5 Å². The summed E-state index contributed by atoms with van der Waals surface area (Å²) in [5.41, 5.74) is 5.18. The number of methoxy groups -OCH3 is 2. The number of carbonyl (C=O) groups is 3. The summed E-state index contributed by atoms with van der Waals surface area (Å²) in [6.07, 6.45) is 10.3. The molecular weight excluding hydrogens is 728 g/mol. The molecule has 57 heavy (non-hydrogen) atoms. The molecule has 2 aliphatic carbocycles. The number of likely N-dealkylation sites (tertiary alicyclic amines) is 1. The molecule has 1 saturated heterocycles. The van der Waals surface area contributed by atoms with Crippen LogP contribution < -0.4 is 10.6 Å². The zero-order valence-electron chi connectivity index (χ0n) is 32.2. The van der Waals surface area contributed by atoms with Crippen molar-refractivity contribution in [3.63, 3.8) is 0 Å². The van der Waals surface area contributed by atoms with E-state index in [0.717, 1.165) is 53.9 Å². The quantitative estimate of drug-likeness (QED) is 0.111. The molecule has 2 aromatic carbocycles. The van der Waals surface area contributed by atoms with Gasteiger partial charge in [-0.15, -0.1) is 0 Å². The lowest BCUT2D eigenvalue weighted by atomic mass is 9.78. The number of nitrogens with one attached hydrogen (secondary N) is 4. The molecule has 3 fully saturated rings. The number of benzene rings is 2. The van der Waals surface area contributed by atoms with Crippen molar-refractivity contribution in [2.24, 2.45) is 17.8 Å². The first-order chi connectivity index (χ1) is 27.7. The van der Waals surface area contributed by atoms with Gasteiger partial charge in [-0.25, -0.2) is 19.2 Å². The third-order valence-corrected chi connectivity index (χ3v) is 12.1. The molecule has 14 heteroatoms. The van der Waals surface area contributed by atoms with Gasteiger partial charge >= 0.3 is 6.09 Å². The van der Waals surface area contributed by atoms with Gasteiger partial charge in [-0.2, -0.15) is 0 Å². The lowest BCUT2D eigenvalue weighted by Gasteiger charge is -2.30. The number of carbonyl (C=O) groups excluding carboxylic acids is 3. The van der Waals surface area contributed by atoms with Gasteiger partial charge in [0.15, 0.2) is 0 Å². The van der Waals surface area contributed by atoms with Crippen LogP contribution in [0.15, 0.2) is 79.4 Å². The summed E-state index contributed by atoms with van der Waals surface area (Å²) in [4.78, 5) is 61.2. The maximum Gasteiger partial charge on any atom is 0.407 e. The number of alkyl carbamates (subject to hydrolysis) is 1. The maximum absolute atomic E-state index is 15.8. The first kappa shape index (κ1) is 38.0. The van der Waals surface area contributed by atoms with Gasteiger partial charge in [-0.05, 0) is 79.7 Å². The summed E-state index contributed by atoms with van der Waals surface area (Å²) in [6, 6.07) is 15.3. The van der Waals surface area contributed by atoms with Crippen LogP contribution in [-0.2, 0) is 25.6 Å². The largest absolute Gasteiger partial charge is 0.453 e. The average molecular weight is 775 g/mol. The number of rotatable bonds is 12. The van der Waals surface area contributed by atoms with E-state index < -0.39 is 18.2 Å². The van der Waals surface area contributed by atoms with E-state index in [1.807, 2.05) is 48.7 Å². The molecule has 8 rings (SSSR count). The standard InChI is InChI=1S/C43H47FN8O5/c1-24(56-2)38(51-43(55)57-3)42(54)52-17-5-7-35(52)39-46-23-34(49-39)28-14-15-31(32(44)19-28)26-8-10-27(11-9-26)33-22-47-40(50-33)36-29-12-13-30(18-29)37(36)41(53)48-21-25-6-4-16-45-20-25/h4,6,8-11,14-16,19-20,22-24,29-30,35-38H,5,7,12-13,17-18,21H2,1-3H3,(H,46,49)(H,47,50)(H,48,53)(H,51,55)/t24-,29?,30?,35?,36-,37?,38+/m1/s1. The van der Waals surface area contributed by atoms with Crippen molar-refractivity contribution in [2.45, 2.75) is 69.7 Å². The second-order valence-electron chi connectivity index (χ2n) is 15.3. The Hall–Kier alpha value is -5.89. The van der Waals surface area contributed by atoms with Crippen LogP contribution in [0.4, 0.5) is 9.18 Å². The number of halogens is 1. The highest BCUT2D eigenvalue weighted by molar-refractivity contribution is 5.87. The van der Waals surface area contributed by atoms with Crippen molar-refractivity contribution in [3.05, 3.63) is 102 Å². The first-order valence-corrected chi connectivity index (χ1v) is 19.6. The Morgan fingerprint density at radius 3 is 2.37 bits per heavy atom. The molecular formula is C43H47FN8O5. The van der Waals surface area contributed by atoms with E-state index in [1.54, 1.807) is 36.5 Å². The highest BCUT2D eigenvalue weighted by Crippen LogP contribution is 2.56. The minimum Gasteiger partial charge on any atom is -0.453 e. The van der Waals surface area contributed by atoms with E-state index in [-0.39, 0.29) is 35.5 Å². The number of fused-ring (bicyclic) bond motifs is 2. The Bertz CT molecular complexity index is 2230. The van der Waals surface area contributed by atoms with Crippen molar-refractivity contribution in [1.29, 1.82) is 0 Å². The molecule has 3 aromatic heterocycles. The van der Waals surface area contributed by atoms with Crippen LogP contribution in [0, 0.1) is 23.6 Å². The number of nitrogens with zero attached hydrogens (tertiary/aromatic N) is 4. The average Bonchev–Trinajstić information content (AvgIpc) is 4.10. The summed E-state index contributed by atoms with van der Waals surface area (Å²) in [6.45, 7) is 2.66. The fraction of sp³-hybridized carbons (Fsp3) is 0.395. The molecule has 3 amide bonds. The van der Waals surface area contributed by atoms with Gasteiger partial charge in [0, 0.05) is 49.6 Å². The molecule has 296 valence electrons. The highest BCUT2D eigenvalue weighted by Gasteiger charge is 2.52. The van der Waals surface area contributed by atoms with E-state index in [1.165, 1.54) is 20.3 Å². The lowest BCUT2D eigenvalue weighted by molar-refractivity contribution is -0.137. The van der Waals surface area contributed by atoms with Crippen LogP contribution >= 0.6 is 0 Å². The summed E-state index contributed by atoms with van der Waals surface area (Å²) in [5.74, 6) is 1.52.